The average Bonchev–Trinajstić information content (AvgIpc) is 2.76. The van der Waals surface area contributed by atoms with Crippen molar-refractivity contribution >= 4 is 28.8 Å². The second kappa shape index (κ2) is 3.94. The molecule has 3 heteroatoms. The largest absolute Gasteiger partial charge is 0.277 e. The minimum absolute atomic E-state index is 0.970. The lowest BCUT2D eigenvalue weighted by molar-refractivity contribution is 1.34. The Morgan fingerprint density at radius 3 is 2.88 bits per heavy atom. The SMILES string of the molecule is C1=Cc2ccccc2NN=C1c1ccsc1. The van der Waals surface area contributed by atoms with Crippen molar-refractivity contribution in [2.24, 2.45) is 5.10 Å². The molecule has 0 saturated heterocycles. The zero-order chi connectivity index (χ0) is 10.8. The van der Waals surface area contributed by atoms with Gasteiger partial charge in [0.25, 0.3) is 0 Å². The number of rotatable bonds is 1. The number of hydrogen-bond acceptors (Lipinski definition) is 3. The third-order valence-electron chi connectivity index (χ3n) is 2.50. The molecule has 0 fully saturated rings. The monoisotopic (exact) mass is 226 g/mol. The van der Waals surface area contributed by atoms with Crippen molar-refractivity contribution in [1.82, 2.24) is 0 Å². The van der Waals surface area contributed by atoms with Crippen LogP contribution in [0.1, 0.15) is 11.1 Å². The smallest absolute Gasteiger partial charge is 0.0914 e. The molecule has 2 nitrogen and oxygen atoms in total. The van der Waals surface area contributed by atoms with Gasteiger partial charge in [0.2, 0.25) is 0 Å². The molecule has 1 aromatic heterocycles. The molecule has 0 unspecified atom stereocenters. The maximum atomic E-state index is 4.39. The van der Waals surface area contributed by atoms with Gasteiger partial charge in [0.05, 0.1) is 11.4 Å². The molecule has 2 heterocycles. The summed E-state index contributed by atoms with van der Waals surface area (Å²) in [6.45, 7) is 0. The van der Waals surface area contributed by atoms with Crippen LogP contribution in [0.2, 0.25) is 0 Å². The van der Waals surface area contributed by atoms with Crippen LogP contribution < -0.4 is 5.43 Å². The molecule has 16 heavy (non-hydrogen) atoms. The lowest BCUT2D eigenvalue weighted by Crippen LogP contribution is -1.97. The molecular weight excluding hydrogens is 216 g/mol. The summed E-state index contributed by atoms with van der Waals surface area (Å²) in [5, 5.41) is 8.55. The predicted molar refractivity (Wildman–Crippen MR) is 70.0 cm³/mol. The van der Waals surface area contributed by atoms with Crippen molar-refractivity contribution in [2.75, 3.05) is 5.43 Å². The van der Waals surface area contributed by atoms with Crippen molar-refractivity contribution in [1.29, 1.82) is 0 Å². The highest BCUT2D eigenvalue weighted by atomic mass is 32.1. The van der Waals surface area contributed by atoms with Gasteiger partial charge in [0.15, 0.2) is 0 Å². The minimum Gasteiger partial charge on any atom is -0.277 e. The van der Waals surface area contributed by atoms with Crippen LogP contribution in [0.3, 0.4) is 0 Å². The van der Waals surface area contributed by atoms with E-state index in [0.717, 1.165) is 22.5 Å². The van der Waals surface area contributed by atoms with Gasteiger partial charge >= 0.3 is 0 Å². The Hall–Kier alpha value is -1.87. The first-order valence-electron chi connectivity index (χ1n) is 5.07. The molecule has 0 aliphatic carbocycles. The summed E-state index contributed by atoms with van der Waals surface area (Å²) in [5.41, 5.74) is 7.43. The molecule has 1 aliphatic rings. The topological polar surface area (TPSA) is 24.4 Å². The number of nitrogens with one attached hydrogen (secondary N) is 1. The van der Waals surface area contributed by atoms with Crippen molar-refractivity contribution in [3.8, 4) is 0 Å². The molecule has 3 rings (SSSR count). The van der Waals surface area contributed by atoms with Gasteiger partial charge in [-0.3, -0.25) is 5.43 Å². The molecular formula is C13H10N2S. The molecule has 0 atom stereocenters. The van der Waals surface area contributed by atoms with E-state index in [4.69, 9.17) is 0 Å². The number of hydrogen-bond donors (Lipinski definition) is 1. The van der Waals surface area contributed by atoms with Crippen molar-refractivity contribution in [3.05, 3.63) is 58.3 Å². The fourth-order valence-electron chi connectivity index (χ4n) is 1.64. The Morgan fingerprint density at radius 1 is 1.06 bits per heavy atom. The van der Waals surface area contributed by atoms with E-state index >= 15 is 0 Å². The second-order valence-electron chi connectivity index (χ2n) is 3.54. The third-order valence-corrected chi connectivity index (χ3v) is 3.18. The number of anilines is 1. The first-order chi connectivity index (χ1) is 7.93. The van der Waals surface area contributed by atoms with Gasteiger partial charge in [-0.1, -0.05) is 24.3 Å². The van der Waals surface area contributed by atoms with Gasteiger partial charge in [-0.25, -0.2) is 0 Å². The molecule has 0 amide bonds. The van der Waals surface area contributed by atoms with Crippen molar-refractivity contribution in [3.63, 3.8) is 0 Å². The van der Waals surface area contributed by atoms with Crippen molar-refractivity contribution in [2.45, 2.75) is 0 Å². The average molecular weight is 226 g/mol. The van der Waals surface area contributed by atoms with Gasteiger partial charge in [-0.15, -0.1) is 0 Å². The molecule has 1 aromatic carbocycles. The number of thiophene rings is 1. The van der Waals surface area contributed by atoms with E-state index in [-0.39, 0.29) is 0 Å². The highest BCUT2D eigenvalue weighted by Crippen LogP contribution is 2.20. The third kappa shape index (κ3) is 1.66. The van der Waals surface area contributed by atoms with Crippen LogP contribution in [0.25, 0.3) is 6.08 Å². The number of fused-ring (bicyclic) bond motifs is 1. The highest BCUT2D eigenvalue weighted by Gasteiger charge is 2.05. The summed E-state index contributed by atoms with van der Waals surface area (Å²) in [5.74, 6) is 0. The Bertz CT molecular complexity index is 553. The number of benzene rings is 1. The van der Waals surface area contributed by atoms with Crippen LogP contribution in [0.4, 0.5) is 5.69 Å². The Morgan fingerprint density at radius 2 is 2.00 bits per heavy atom. The summed E-state index contributed by atoms with van der Waals surface area (Å²) >= 11 is 1.68. The van der Waals surface area contributed by atoms with Gasteiger partial charge < -0.3 is 0 Å². The van der Waals surface area contributed by atoms with Crippen LogP contribution in [-0.2, 0) is 0 Å². The van der Waals surface area contributed by atoms with E-state index in [1.54, 1.807) is 11.3 Å². The standard InChI is InChI=1S/C13H10N2S/c1-2-4-12-10(3-1)5-6-13(15-14-12)11-7-8-16-9-11/h1-9,14H. The van der Waals surface area contributed by atoms with Crippen LogP contribution in [0.15, 0.2) is 52.3 Å². The lowest BCUT2D eigenvalue weighted by Gasteiger charge is -2.02. The molecule has 0 bridgehead atoms. The highest BCUT2D eigenvalue weighted by molar-refractivity contribution is 7.08. The van der Waals surface area contributed by atoms with E-state index in [1.807, 2.05) is 24.3 Å². The van der Waals surface area contributed by atoms with Crippen LogP contribution in [0.5, 0.6) is 0 Å². The molecule has 1 aliphatic heterocycles. The second-order valence-corrected chi connectivity index (χ2v) is 4.32. The number of nitrogens with zero attached hydrogens (tertiary/aromatic N) is 1. The zero-order valence-electron chi connectivity index (χ0n) is 8.55. The first-order valence-corrected chi connectivity index (χ1v) is 6.01. The summed E-state index contributed by atoms with van der Waals surface area (Å²) < 4.78 is 0. The summed E-state index contributed by atoms with van der Waals surface area (Å²) in [7, 11) is 0. The maximum Gasteiger partial charge on any atom is 0.0914 e. The minimum atomic E-state index is 0.970. The van der Waals surface area contributed by atoms with E-state index in [0.29, 0.717) is 0 Å². The number of hydrazone groups is 1. The van der Waals surface area contributed by atoms with Crippen LogP contribution in [-0.4, -0.2) is 5.71 Å². The van der Waals surface area contributed by atoms with Gasteiger partial charge in [-0.05, 0) is 29.2 Å². The quantitative estimate of drug-likeness (QED) is 0.789. The summed E-state index contributed by atoms with van der Waals surface area (Å²) in [4.78, 5) is 0. The fraction of sp³-hybridized carbons (Fsp3) is 0. The Balaban J connectivity index is 2.01. The van der Waals surface area contributed by atoms with E-state index in [9.17, 15) is 0 Å². The normalized spacial score (nSPS) is 13.6. The molecule has 2 aromatic rings. The zero-order valence-corrected chi connectivity index (χ0v) is 9.37. The predicted octanol–water partition coefficient (Wildman–Crippen LogP) is 3.59. The Kier molecular flexibility index (Phi) is 2.31. The van der Waals surface area contributed by atoms with E-state index < -0.39 is 0 Å². The van der Waals surface area contributed by atoms with Gasteiger partial charge in [0, 0.05) is 10.9 Å². The molecule has 1 N–H and O–H groups in total. The molecule has 0 saturated carbocycles. The first kappa shape index (κ1) is 9.36. The Labute approximate surface area is 97.9 Å². The molecule has 78 valence electrons. The lowest BCUT2D eigenvalue weighted by atomic mass is 10.1. The van der Waals surface area contributed by atoms with Crippen LogP contribution in [0, 0.1) is 0 Å². The van der Waals surface area contributed by atoms with Crippen molar-refractivity contribution < 1.29 is 0 Å². The fourth-order valence-corrected chi connectivity index (χ4v) is 2.29. The van der Waals surface area contributed by atoms with E-state index in [1.165, 1.54) is 0 Å². The number of allylic oxidation sites excluding steroid dienone is 1. The van der Waals surface area contributed by atoms with Gasteiger partial charge in [0.1, 0.15) is 0 Å². The molecule has 0 spiro atoms. The summed E-state index contributed by atoms with van der Waals surface area (Å²) in [6.07, 6.45) is 4.13. The number of para-hydroxylation sites is 1. The maximum absolute atomic E-state index is 4.39. The van der Waals surface area contributed by atoms with Gasteiger partial charge in [-0.2, -0.15) is 16.4 Å². The summed E-state index contributed by atoms with van der Waals surface area (Å²) in [6, 6.07) is 10.2. The van der Waals surface area contributed by atoms with Crippen LogP contribution >= 0.6 is 11.3 Å². The molecule has 0 radical (unpaired) electrons. The van der Waals surface area contributed by atoms with E-state index in [2.05, 4.69) is 39.5 Å².